The zero-order valence-electron chi connectivity index (χ0n) is 14.0. The summed E-state index contributed by atoms with van der Waals surface area (Å²) >= 11 is 0. The van der Waals surface area contributed by atoms with Crippen LogP contribution in [0.2, 0.25) is 0 Å². The molecule has 130 valence electrons. The highest BCUT2D eigenvalue weighted by Crippen LogP contribution is 2.18. The third kappa shape index (κ3) is 4.35. The van der Waals surface area contributed by atoms with Crippen molar-refractivity contribution >= 4 is 16.8 Å². The summed E-state index contributed by atoms with van der Waals surface area (Å²) in [5, 5.41) is 14.4. The van der Waals surface area contributed by atoms with E-state index in [9.17, 15) is 9.90 Å². The molecule has 3 N–H and O–H groups in total. The van der Waals surface area contributed by atoms with Gasteiger partial charge < -0.3 is 20.1 Å². The van der Waals surface area contributed by atoms with E-state index in [0.717, 1.165) is 29.6 Å². The van der Waals surface area contributed by atoms with Crippen molar-refractivity contribution in [3.05, 3.63) is 36.0 Å². The second-order valence-electron chi connectivity index (χ2n) is 6.70. The minimum atomic E-state index is -0.951. The molecule has 0 saturated carbocycles. The van der Waals surface area contributed by atoms with Gasteiger partial charge in [-0.25, -0.2) is 0 Å². The van der Waals surface area contributed by atoms with Gasteiger partial charge in [0.15, 0.2) is 0 Å². The first-order chi connectivity index (χ1) is 11.5. The molecular weight excluding hydrogens is 306 g/mol. The molecule has 0 radical (unpaired) electrons. The van der Waals surface area contributed by atoms with Crippen LogP contribution in [0.4, 0.5) is 0 Å². The molecule has 0 spiro atoms. The SMILES string of the molecule is CC(O)(CNC(=O)Cc1c[nH]c2ccccc12)CN1CCOCC1. The molecule has 1 saturated heterocycles. The number of nitrogens with zero attached hydrogens (tertiary/aromatic N) is 1. The Balaban J connectivity index is 1.51. The minimum Gasteiger partial charge on any atom is -0.387 e. The summed E-state index contributed by atoms with van der Waals surface area (Å²) in [5.41, 5.74) is 1.04. The van der Waals surface area contributed by atoms with Gasteiger partial charge in [0.2, 0.25) is 5.91 Å². The van der Waals surface area contributed by atoms with Crippen molar-refractivity contribution in [1.29, 1.82) is 0 Å². The number of fused-ring (bicyclic) bond motifs is 1. The van der Waals surface area contributed by atoms with Crippen molar-refractivity contribution in [2.24, 2.45) is 0 Å². The summed E-state index contributed by atoms with van der Waals surface area (Å²) in [6, 6.07) is 7.92. The normalized spacial score (nSPS) is 18.4. The van der Waals surface area contributed by atoms with Crippen LogP contribution >= 0.6 is 0 Å². The van der Waals surface area contributed by atoms with Gasteiger partial charge in [-0.05, 0) is 18.6 Å². The number of H-pyrrole nitrogens is 1. The molecule has 3 rings (SSSR count). The lowest BCUT2D eigenvalue weighted by molar-refractivity contribution is -0.121. The lowest BCUT2D eigenvalue weighted by atomic mass is 10.1. The molecule has 2 aromatic rings. The number of benzene rings is 1. The van der Waals surface area contributed by atoms with Crippen molar-refractivity contribution in [3.63, 3.8) is 0 Å². The number of hydrogen-bond acceptors (Lipinski definition) is 4. The molecule has 1 aromatic carbocycles. The van der Waals surface area contributed by atoms with Crippen molar-refractivity contribution in [1.82, 2.24) is 15.2 Å². The molecule has 1 aliphatic heterocycles. The Kier molecular flexibility index (Phi) is 5.18. The third-order valence-electron chi connectivity index (χ3n) is 4.36. The number of amides is 1. The maximum absolute atomic E-state index is 12.2. The van der Waals surface area contributed by atoms with Crippen LogP contribution in [0.3, 0.4) is 0 Å². The van der Waals surface area contributed by atoms with E-state index in [1.165, 1.54) is 0 Å². The average molecular weight is 331 g/mol. The monoisotopic (exact) mass is 331 g/mol. The molecule has 6 nitrogen and oxygen atoms in total. The number of morpholine rings is 1. The number of nitrogens with one attached hydrogen (secondary N) is 2. The summed E-state index contributed by atoms with van der Waals surface area (Å²) in [6.45, 7) is 5.56. The lowest BCUT2D eigenvalue weighted by Crippen LogP contribution is -2.51. The number of rotatable bonds is 6. The topological polar surface area (TPSA) is 77.6 Å². The van der Waals surface area contributed by atoms with Crippen LogP contribution in [0.15, 0.2) is 30.5 Å². The second-order valence-corrected chi connectivity index (χ2v) is 6.70. The standard InChI is InChI=1S/C18H25N3O3/c1-18(23,13-21-6-8-24-9-7-21)12-20-17(22)10-14-11-19-16-5-3-2-4-15(14)16/h2-5,11,19,23H,6-10,12-13H2,1H3,(H,20,22). The van der Waals surface area contributed by atoms with E-state index in [1.54, 1.807) is 6.92 Å². The first kappa shape index (κ1) is 17.0. The number of ether oxygens (including phenoxy) is 1. The number of para-hydroxylation sites is 1. The minimum absolute atomic E-state index is 0.0815. The number of carbonyl (C=O) groups excluding carboxylic acids is 1. The van der Waals surface area contributed by atoms with E-state index in [2.05, 4.69) is 15.2 Å². The average Bonchev–Trinajstić information content (AvgIpc) is 2.97. The molecule has 0 bridgehead atoms. The maximum Gasteiger partial charge on any atom is 0.224 e. The summed E-state index contributed by atoms with van der Waals surface area (Å²) in [4.78, 5) is 17.6. The first-order valence-corrected chi connectivity index (χ1v) is 8.38. The summed E-state index contributed by atoms with van der Waals surface area (Å²) in [5.74, 6) is -0.0815. The van der Waals surface area contributed by atoms with E-state index in [4.69, 9.17) is 4.74 Å². The summed E-state index contributed by atoms with van der Waals surface area (Å²) in [6.07, 6.45) is 2.17. The van der Waals surface area contributed by atoms with Gasteiger partial charge in [-0.15, -0.1) is 0 Å². The van der Waals surface area contributed by atoms with Crippen LogP contribution in [-0.4, -0.2) is 65.9 Å². The van der Waals surface area contributed by atoms with E-state index in [-0.39, 0.29) is 12.5 Å². The van der Waals surface area contributed by atoms with Crippen LogP contribution in [0.5, 0.6) is 0 Å². The predicted octanol–water partition coefficient (Wildman–Crippen LogP) is 0.910. The second kappa shape index (κ2) is 7.34. The summed E-state index contributed by atoms with van der Waals surface area (Å²) in [7, 11) is 0. The van der Waals surface area contributed by atoms with Crippen molar-refractivity contribution in [2.75, 3.05) is 39.4 Å². The van der Waals surface area contributed by atoms with E-state index < -0.39 is 5.60 Å². The van der Waals surface area contributed by atoms with Crippen LogP contribution in [-0.2, 0) is 16.0 Å². The first-order valence-electron chi connectivity index (χ1n) is 8.38. The number of aliphatic hydroxyl groups is 1. The molecule has 1 aromatic heterocycles. The fourth-order valence-corrected chi connectivity index (χ4v) is 3.10. The molecule has 24 heavy (non-hydrogen) atoms. The van der Waals surface area contributed by atoms with Crippen LogP contribution in [0.1, 0.15) is 12.5 Å². The van der Waals surface area contributed by atoms with Gasteiger partial charge in [-0.3, -0.25) is 9.69 Å². The third-order valence-corrected chi connectivity index (χ3v) is 4.36. The lowest BCUT2D eigenvalue weighted by Gasteiger charge is -2.33. The number of aromatic amines is 1. The molecule has 6 heteroatoms. The Morgan fingerprint density at radius 3 is 2.92 bits per heavy atom. The quantitative estimate of drug-likeness (QED) is 0.735. The van der Waals surface area contributed by atoms with Gasteiger partial charge >= 0.3 is 0 Å². The Hall–Kier alpha value is -1.89. The fourth-order valence-electron chi connectivity index (χ4n) is 3.10. The predicted molar refractivity (Wildman–Crippen MR) is 92.9 cm³/mol. The van der Waals surface area contributed by atoms with Gasteiger partial charge in [0, 0.05) is 43.3 Å². The highest BCUT2D eigenvalue weighted by atomic mass is 16.5. The smallest absolute Gasteiger partial charge is 0.224 e. The van der Waals surface area contributed by atoms with E-state index >= 15 is 0 Å². The molecular formula is C18H25N3O3. The van der Waals surface area contributed by atoms with Crippen LogP contribution in [0.25, 0.3) is 10.9 Å². The van der Waals surface area contributed by atoms with Crippen molar-refractivity contribution < 1.29 is 14.6 Å². The molecule has 1 amide bonds. The molecule has 1 unspecified atom stereocenters. The largest absolute Gasteiger partial charge is 0.387 e. The van der Waals surface area contributed by atoms with Gasteiger partial charge in [-0.2, -0.15) is 0 Å². The molecule has 1 atom stereocenters. The van der Waals surface area contributed by atoms with Crippen molar-refractivity contribution in [3.8, 4) is 0 Å². The molecule has 0 aliphatic carbocycles. The van der Waals surface area contributed by atoms with E-state index in [1.807, 2.05) is 30.5 Å². The Labute approximate surface area is 141 Å². The van der Waals surface area contributed by atoms with Gasteiger partial charge in [0.25, 0.3) is 0 Å². The highest BCUT2D eigenvalue weighted by molar-refractivity contribution is 5.88. The number of hydrogen-bond donors (Lipinski definition) is 3. The number of carbonyl (C=O) groups is 1. The Bertz CT molecular complexity index is 690. The maximum atomic E-state index is 12.2. The Morgan fingerprint density at radius 1 is 1.38 bits per heavy atom. The number of β-amino-alcohol motifs (C(OH)–C–C–N with tert-alkyl or cyclic N) is 1. The van der Waals surface area contributed by atoms with Crippen LogP contribution in [0, 0.1) is 0 Å². The van der Waals surface area contributed by atoms with Gasteiger partial charge in [0.05, 0.1) is 25.2 Å². The molecule has 1 aliphatic rings. The number of aromatic nitrogens is 1. The zero-order chi connectivity index (χ0) is 17.0. The van der Waals surface area contributed by atoms with Crippen LogP contribution < -0.4 is 5.32 Å². The fraction of sp³-hybridized carbons (Fsp3) is 0.500. The van der Waals surface area contributed by atoms with Gasteiger partial charge in [0.1, 0.15) is 0 Å². The summed E-state index contributed by atoms with van der Waals surface area (Å²) < 4.78 is 5.31. The van der Waals surface area contributed by atoms with Crippen molar-refractivity contribution in [2.45, 2.75) is 18.9 Å². The molecule has 2 heterocycles. The zero-order valence-corrected chi connectivity index (χ0v) is 14.0. The highest BCUT2D eigenvalue weighted by Gasteiger charge is 2.26. The molecule has 1 fully saturated rings. The Morgan fingerprint density at radius 2 is 2.12 bits per heavy atom. The van der Waals surface area contributed by atoms with Gasteiger partial charge in [-0.1, -0.05) is 18.2 Å². The van der Waals surface area contributed by atoms with E-state index in [0.29, 0.717) is 26.2 Å².